The summed E-state index contributed by atoms with van der Waals surface area (Å²) in [6.45, 7) is 2.95. The number of carbonyl (C=O) groups excluding carboxylic acids is 2. The molecule has 1 aliphatic rings. The molecule has 0 aliphatic carbocycles. The number of nitrogens with zero attached hydrogens (tertiary/aromatic N) is 1. The summed E-state index contributed by atoms with van der Waals surface area (Å²) in [6.07, 6.45) is 1.24. The number of hydrogen-bond donors (Lipinski definition) is 0. The monoisotopic (exact) mass is 373 g/mol. The Kier molecular flexibility index (Phi) is 5.61. The molecule has 5 nitrogen and oxygen atoms in total. The Bertz CT molecular complexity index is 814. The van der Waals surface area contributed by atoms with Gasteiger partial charge in [0, 0.05) is 24.6 Å². The molecule has 0 radical (unpaired) electrons. The van der Waals surface area contributed by atoms with Crippen LogP contribution in [-0.4, -0.2) is 43.9 Å². The van der Waals surface area contributed by atoms with Gasteiger partial charge in [-0.25, -0.2) is 0 Å². The van der Waals surface area contributed by atoms with Gasteiger partial charge in [-0.05, 0) is 48.6 Å². The molecule has 1 fully saturated rings. The van der Waals surface area contributed by atoms with Crippen molar-refractivity contribution in [2.75, 3.05) is 27.3 Å². The summed E-state index contributed by atoms with van der Waals surface area (Å²) >= 11 is 1.40. The standard InChI is InChI=1S/C20H23NO4S/c1-13(22)19-8-14(12-26-19)9-20(23)21-7-6-15(11-21)17-10-16(24-2)4-5-18(17)25-3/h4-5,8,10,12,15H,6-7,9,11H2,1-3H3/t15-/m1/s1. The molecule has 0 N–H and O–H groups in total. The highest BCUT2D eigenvalue weighted by Gasteiger charge is 2.29. The van der Waals surface area contributed by atoms with Gasteiger partial charge in [0.25, 0.3) is 0 Å². The van der Waals surface area contributed by atoms with E-state index >= 15 is 0 Å². The maximum Gasteiger partial charge on any atom is 0.227 e. The highest BCUT2D eigenvalue weighted by molar-refractivity contribution is 7.12. The molecule has 1 saturated heterocycles. The highest BCUT2D eigenvalue weighted by atomic mass is 32.1. The van der Waals surface area contributed by atoms with Gasteiger partial charge in [-0.15, -0.1) is 11.3 Å². The zero-order chi connectivity index (χ0) is 18.7. The van der Waals surface area contributed by atoms with Gasteiger partial charge < -0.3 is 14.4 Å². The van der Waals surface area contributed by atoms with E-state index < -0.39 is 0 Å². The Morgan fingerprint density at radius 2 is 2.04 bits per heavy atom. The number of rotatable bonds is 6. The number of amides is 1. The van der Waals surface area contributed by atoms with E-state index in [0.29, 0.717) is 17.8 Å². The lowest BCUT2D eigenvalue weighted by Gasteiger charge is -2.18. The summed E-state index contributed by atoms with van der Waals surface area (Å²) < 4.78 is 10.8. The predicted octanol–water partition coefficient (Wildman–Crippen LogP) is 3.53. The molecule has 0 saturated carbocycles. The van der Waals surface area contributed by atoms with E-state index in [4.69, 9.17) is 9.47 Å². The summed E-state index contributed by atoms with van der Waals surface area (Å²) in [5.74, 6) is 2.00. The molecule has 1 aromatic heterocycles. The molecule has 1 aliphatic heterocycles. The lowest BCUT2D eigenvalue weighted by molar-refractivity contribution is -0.129. The van der Waals surface area contributed by atoms with Gasteiger partial charge in [0.15, 0.2) is 5.78 Å². The summed E-state index contributed by atoms with van der Waals surface area (Å²) in [7, 11) is 3.30. The van der Waals surface area contributed by atoms with E-state index in [1.165, 1.54) is 11.3 Å². The van der Waals surface area contributed by atoms with Crippen LogP contribution in [-0.2, 0) is 11.2 Å². The van der Waals surface area contributed by atoms with E-state index in [9.17, 15) is 9.59 Å². The van der Waals surface area contributed by atoms with Crippen molar-refractivity contribution in [3.8, 4) is 11.5 Å². The quantitative estimate of drug-likeness (QED) is 0.727. The number of carbonyl (C=O) groups is 2. The van der Waals surface area contributed by atoms with Crippen LogP contribution in [0, 0.1) is 0 Å². The van der Waals surface area contributed by atoms with Crippen LogP contribution in [0.3, 0.4) is 0 Å². The molecule has 1 atom stereocenters. The Hall–Kier alpha value is -2.34. The smallest absolute Gasteiger partial charge is 0.227 e. The van der Waals surface area contributed by atoms with Gasteiger partial charge >= 0.3 is 0 Å². The number of Topliss-reactive ketones (excluding diaryl/α,β-unsaturated/α-hetero) is 1. The lowest BCUT2D eigenvalue weighted by atomic mass is 9.97. The minimum absolute atomic E-state index is 0.0417. The summed E-state index contributed by atoms with van der Waals surface area (Å²) in [6, 6.07) is 7.61. The van der Waals surface area contributed by atoms with Crippen LogP contribution in [0.5, 0.6) is 11.5 Å². The maximum atomic E-state index is 12.6. The van der Waals surface area contributed by atoms with E-state index in [0.717, 1.165) is 35.6 Å². The molecular weight excluding hydrogens is 350 g/mol. The first-order valence-electron chi connectivity index (χ1n) is 8.60. The normalized spacial score (nSPS) is 16.6. The van der Waals surface area contributed by atoms with Gasteiger partial charge in [0.05, 0.1) is 25.5 Å². The Labute approximate surface area is 157 Å². The number of methoxy groups -OCH3 is 2. The van der Waals surface area contributed by atoms with Gasteiger partial charge in [0.1, 0.15) is 11.5 Å². The molecule has 26 heavy (non-hydrogen) atoms. The molecule has 0 spiro atoms. The number of hydrogen-bond acceptors (Lipinski definition) is 5. The molecule has 0 unspecified atom stereocenters. The van der Waals surface area contributed by atoms with Crippen LogP contribution in [0.4, 0.5) is 0 Å². The molecule has 6 heteroatoms. The first kappa shape index (κ1) is 18.5. The summed E-state index contributed by atoms with van der Waals surface area (Å²) in [5.41, 5.74) is 1.99. The first-order chi connectivity index (χ1) is 12.5. The zero-order valence-electron chi connectivity index (χ0n) is 15.3. The summed E-state index contributed by atoms with van der Waals surface area (Å²) in [4.78, 5) is 26.6. The van der Waals surface area contributed by atoms with Crippen molar-refractivity contribution >= 4 is 23.0 Å². The van der Waals surface area contributed by atoms with Crippen molar-refractivity contribution in [1.82, 2.24) is 4.90 Å². The van der Waals surface area contributed by atoms with Crippen molar-refractivity contribution in [3.63, 3.8) is 0 Å². The van der Waals surface area contributed by atoms with E-state index in [-0.39, 0.29) is 17.6 Å². The average molecular weight is 373 g/mol. The molecular formula is C20H23NO4S. The second kappa shape index (κ2) is 7.91. The second-order valence-electron chi connectivity index (χ2n) is 6.49. The largest absolute Gasteiger partial charge is 0.497 e. The fraction of sp³-hybridized carbons (Fsp3) is 0.400. The van der Waals surface area contributed by atoms with Crippen molar-refractivity contribution in [2.45, 2.75) is 25.7 Å². The Morgan fingerprint density at radius 1 is 1.23 bits per heavy atom. The van der Waals surface area contributed by atoms with Crippen molar-refractivity contribution in [2.24, 2.45) is 0 Å². The van der Waals surface area contributed by atoms with Gasteiger partial charge in [0.2, 0.25) is 5.91 Å². The summed E-state index contributed by atoms with van der Waals surface area (Å²) in [5, 5.41) is 1.90. The fourth-order valence-corrected chi connectivity index (χ4v) is 4.15. The third-order valence-corrected chi connectivity index (χ3v) is 5.85. The average Bonchev–Trinajstić information content (AvgIpc) is 3.30. The molecule has 1 aromatic carbocycles. The van der Waals surface area contributed by atoms with Gasteiger partial charge in [-0.1, -0.05) is 0 Å². The third-order valence-electron chi connectivity index (χ3n) is 4.77. The van der Waals surface area contributed by atoms with Crippen molar-refractivity contribution in [1.29, 1.82) is 0 Å². The van der Waals surface area contributed by atoms with Crippen molar-refractivity contribution in [3.05, 3.63) is 45.6 Å². The van der Waals surface area contributed by atoms with E-state index in [1.807, 2.05) is 34.5 Å². The lowest BCUT2D eigenvalue weighted by Crippen LogP contribution is -2.29. The Morgan fingerprint density at radius 3 is 2.69 bits per heavy atom. The number of thiophene rings is 1. The number of likely N-dealkylation sites (tertiary alicyclic amines) is 1. The molecule has 3 rings (SSSR count). The van der Waals surface area contributed by atoms with Crippen LogP contribution < -0.4 is 9.47 Å². The van der Waals surface area contributed by atoms with Crippen LogP contribution >= 0.6 is 11.3 Å². The van der Waals surface area contributed by atoms with Crippen molar-refractivity contribution < 1.29 is 19.1 Å². The topological polar surface area (TPSA) is 55.8 Å². The minimum atomic E-state index is 0.0417. The minimum Gasteiger partial charge on any atom is -0.497 e. The van der Waals surface area contributed by atoms with Gasteiger partial charge in [-0.3, -0.25) is 9.59 Å². The maximum absolute atomic E-state index is 12.6. The Balaban J connectivity index is 1.68. The third kappa shape index (κ3) is 3.90. The number of ether oxygens (including phenoxy) is 2. The second-order valence-corrected chi connectivity index (χ2v) is 7.40. The van der Waals surface area contributed by atoms with Crippen LogP contribution in [0.1, 0.15) is 40.1 Å². The molecule has 138 valence electrons. The van der Waals surface area contributed by atoms with E-state index in [2.05, 4.69) is 0 Å². The SMILES string of the molecule is COc1ccc(OC)c([C@@H]2CCN(C(=O)Cc3csc(C(C)=O)c3)C2)c1. The van der Waals surface area contributed by atoms with E-state index in [1.54, 1.807) is 21.1 Å². The molecule has 1 amide bonds. The van der Waals surface area contributed by atoms with Crippen LogP contribution in [0.25, 0.3) is 0 Å². The number of ketones is 1. The zero-order valence-corrected chi connectivity index (χ0v) is 16.1. The first-order valence-corrected chi connectivity index (χ1v) is 9.47. The molecule has 0 bridgehead atoms. The molecule has 2 aromatic rings. The van der Waals surface area contributed by atoms with Gasteiger partial charge in [-0.2, -0.15) is 0 Å². The molecule has 2 heterocycles. The van der Waals surface area contributed by atoms with Crippen LogP contribution in [0.2, 0.25) is 0 Å². The highest BCUT2D eigenvalue weighted by Crippen LogP contribution is 2.36. The fourth-order valence-electron chi connectivity index (χ4n) is 3.34. The number of benzene rings is 1. The van der Waals surface area contributed by atoms with Crippen LogP contribution in [0.15, 0.2) is 29.6 Å². The predicted molar refractivity (Wildman–Crippen MR) is 102 cm³/mol.